The Morgan fingerprint density at radius 2 is 2.12 bits per heavy atom. The number of alkyl halides is 1. The van der Waals surface area contributed by atoms with Crippen LogP contribution >= 0.6 is 15.9 Å². The predicted octanol–water partition coefficient (Wildman–Crippen LogP) is 3.18. The fourth-order valence-corrected chi connectivity index (χ4v) is 2.51. The van der Waals surface area contributed by atoms with Crippen molar-refractivity contribution in [2.75, 3.05) is 0 Å². The van der Waals surface area contributed by atoms with Gasteiger partial charge in [0.05, 0.1) is 6.04 Å². The van der Waals surface area contributed by atoms with Crippen LogP contribution in [0.3, 0.4) is 0 Å². The van der Waals surface area contributed by atoms with Crippen LogP contribution in [0.2, 0.25) is 0 Å². The van der Waals surface area contributed by atoms with Crippen LogP contribution in [-0.2, 0) is 0 Å². The van der Waals surface area contributed by atoms with Gasteiger partial charge in [-0.3, -0.25) is 0 Å². The van der Waals surface area contributed by atoms with Crippen LogP contribution in [0.4, 0.5) is 8.78 Å². The van der Waals surface area contributed by atoms with Gasteiger partial charge in [0, 0.05) is 12.0 Å². The summed E-state index contributed by atoms with van der Waals surface area (Å²) in [5, 5.41) is 4.06. The highest BCUT2D eigenvalue weighted by Crippen LogP contribution is 2.40. The lowest BCUT2D eigenvalue weighted by atomic mass is 10.0. The molecule has 1 aromatic carbocycles. The summed E-state index contributed by atoms with van der Waals surface area (Å²) in [6, 6.07) is 5.94. The molecule has 0 bridgehead atoms. The molecule has 3 rings (SSSR count). The zero-order chi connectivity index (χ0) is 12.0. The molecule has 2 atom stereocenters. The fourth-order valence-electron chi connectivity index (χ4n) is 2.16. The van der Waals surface area contributed by atoms with Gasteiger partial charge in [-0.25, -0.2) is 18.4 Å². The van der Waals surface area contributed by atoms with Crippen molar-refractivity contribution in [1.29, 1.82) is 0 Å². The first-order valence-corrected chi connectivity index (χ1v) is 5.96. The van der Waals surface area contributed by atoms with Crippen molar-refractivity contribution in [2.45, 2.75) is 18.6 Å². The quantitative estimate of drug-likeness (QED) is 0.810. The van der Waals surface area contributed by atoms with Crippen molar-refractivity contribution in [3.63, 3.8) is 0 Å². The van der Waals surface area contributed by atoms with E-state index in [1.54, 1.807) is 18.2 Å². The Hall–Kier alpha value is -1.30. The molecule has 1 aromatic heterocycles. The second-order valence-electron chi connectivity index (χ2n) is 3.92. The average Bonchev–Trinajstić information content (AvgIpc) is 2.80. The molecule has 2 aromatic rings. The van der Waals surface area contributed by atoms with E-state index in [4.69, 9.17) is 0 Å². The average molecular weight is 300 g/mol. The Kier molecular flexibility index (Phi) is 2.47. The number of hydrogen-bond donors (Lipinski definition) is 0. The maximum absolute atomic E-state index is 13.7. The summed E-state index contributed by atoms with van der Waals surface area (Å²) in [5.41, 5.74) is 0.450. The zero-order valence-electron chi connectivity index (χ0n) is 8.65. The summed E-state index contributed by atoms with van der Waals surface area (Å²) in [4.78, 5) is 3.95. The molecule has 1 aliphatic rings. The van der Waals surface area contributed by atoms with Crippen LogP contribution in [-0.4, -0.2) is 14.8 Å². The van der Waals surface area contributed by atoms with Gasteiger partial charge in [-0.05, 0) is 22.0 Å². The van der Waals surface area contributed by atoms with Crippen molar-refractivity contribution in [2.24, 2.45) is 0 Å². The lowest BCUT2D eigenvalue weighted by Crippen LogP contribution is -2.09. The van der Waals surface area contributed by atoms with E-state index in [0.717, 1.165) is 0 Å². The Balaban J connectivity index is 2.10. The molecular weight excluding hydrogens is 292 g/mol. The molecule has 0 radical (unpaired) electrons. The SMILES string of the molecule is Fc1ccccc1[C@@H]1C[C@H](F)c2nc(Br)nn21. The second kappa shape index (κ2) is 3.87. The molecule has 0 fully saturated rings. The summed E-state index contributed by atoms with van der Waals surface area (Å²) in [7, 11) is 0. The molecular formula is C11H8BrF2N3. The summed E-state index contributed by atoms with van der Waals surface area (Å²) in [5.74, 6) is -0.0886. The molecule has 6 heteroatoms. The van der Waals surface area contributed by atoms with Gasteiger partial charge in [-0.2, -0.15) is 0 Å². The molecule has 0 saturated heterocycles. The van der Waals surface area contributed by atoms with Crippen molar-refractivity contribution >= 4 is 15.9 Å². The van der Waals surface area contributed by atoms with Crippen LogP contribution in [0, 0.1) is 5.82 Å². The minimum Gasteiger partial charge on any atom is -0.239 e. The Morgan fingerprint density at radius 1 is 1.35 bits per heavy atom. The standard InChI is InChI=1S/C11H8BrF2N3/c12-11-15-10-8(14)5-9(17(10)16-11)6-3-1-2-4-7(6)13/h1-4,8-9H,5H2/t8-,9-/m0/s1. The summed E-state index contributed by atoms with van der Waals surface area (Å²) in [6.07, 6.45) is -1.01. The molecule has 0 N–H and O–H groups in total. The van der Waals surface area contributed by atoms with Crippen molar-refractivity contribution in [3.05, 3.63) is 46.2 Å². The van der Waals surface area contributed by atoms with E-state index in [9.17, 15) is 8.78 Å². The summed E-state index contributed by atoms with van der Waals surface area (Å²) >= 11 is 3.10. The van der Waals surface area contributed by atoms with E-state index in [-0.39, 0.29) is 18.1 Å². The van der Waals surface area contributed by atoms with Crippen molar-refractivity contribution < 1.29 is 8.78 Å². The van der Waals surface area contributed by atoms with Crippen LogP contribution in [0.15, 0.2) is 29.0 Å². The van der Waals surface area contributed by atoms with Gasteiger partial charge in [0.15, 0.2) is 12.0 Å². The third-order valence-corrected chi connectivity index (χ3v) is 3.24. The van der Waals surface area contributed by atoms with Gasteiger partial charge >= 0.3 is 0 Å². The van der Waals surface area contributed by atoms with Gasteiger partial charge in [-0.1, -0.05) is 18.2 Å². The number of rotatable bonds is 1. The molecule has 88 valence electrons. The second-order valence-corrected chi connectivity index (χ2v) is 4.63. The normalized spacial score (nSPS) is 22.8. The van der Waals surface area contributed by atoms with Gasteiger partial charge in [0.1, 0.15) is 5.82 Å². The van der Waals surface area contributed by atoms with Crippen molar-refractivity contribution in [1.82, 2.24) is 14.8 Å². The number of nitrogens with zero attached hydrogens (tertiary/aromatic N) is 3. The molecule has 1 aliphatic heterocycles. The van der Waals surface area contributed by atoms with E-state index >= 15 is 0 Å². The van der Waals surface area contributed by atoms with Crippen molar-refractivity contribution in [3.8, 4) is 0 Å². The minimum absolute atomic E-state index is 0.184. The smallest absolute Gasteiger partial charge is 0.217 e. The summed E-state index contributed by atoms with van der Waals surface area (Å²) in [6.45, 7) is 0. The first-order valence-electron chi connectivity index (χ1n) is 5.17. The Labute approximate surface area is 105 Å². The first-order chi connectivity index (χ1) is 8.16. The molecule has 0 saturated carbocycles. The molecule has 3 nitrogen and oxygen atoms in total. The first kappa shape index (κ1) is 10.8. The van der Waals surface area contributed by atoms with Gasteiger partial charge in [-0.15, -0.1) is 5.10 Å². The van der Waals surface area contributed by atoms with E-state index in [2.05, 4.69) is 26.0 Å². The molecule has 0 spiro atoms. The highest BCUT2D eigenvalue weighted by molar-refractivity contribution is 9.10. The Bertz CT molecular complexity index is 570. The maximum atomic E-state index is 13.7. The van der Waals surface area contributed by atoms with Crippen LogP contribution < -0.4 is 0 Å². The topological polar surface area (TPSA) is 30.7 Å². The Morgan fingerprint density at radius 3 is 2.88 bits per heavy atom. The molecule has 17 heavy (non-hydrogen) atoms. The monoisotopic (exact) mass is 299 g/mol. The predicted molar refractivity (Wildman–Crippen MR) is 60.7 cm³/mol. The maximum Gasteiger partial charge on any atom is 0.217 e. The zero-order valence-corrected chi connectivity index (χ0v) is 10.2. The van der Waals surface area contributed by atoms with Crippen LogP contribution in [0.5, 0.6) is 0 Å². The molecule has 0 amide bonds. The number of hydrogen-bond acceptors (Lipinski definition) is 2. The van der Waals surface area contributed by atoms with E-state index in [1.807, 2.05) is 0 Å². The largest absolute Gasteiger partial charge is 0.239 e. The highest BCUT2D eigenvalue weighted by Gasteiger charge is 2.36. The molecule has 0 aliphatic carbocycles. The third-order valence-electron chi connectivity index (χ3n) is 2.90. The lowest BCUT2D eigenvalue weighted by molar-refractivity contribution is 0.326. The highest BCUT2D eigenvalue weighted by atomic mass is 79.9. The van der Waals surface area contributed by atoms with E-state index in [0.29, 0.717) is 10.3 Å². The van der Waals surface area contributed by atoms with E-state index in [1.165, 1.54) is 10.7 Å². The minimum atomic E-state index is -1.20. The summed E-state index contributed by atoms with van der Waals surface area (Å²) < 4.78 is 29.2. The molecule has 2 heterocycles. The van der Waals surface area contributed by atoms with E-state index < -0.39 is 12.2 Å². The fraction of sp³-hybridized carbons (Fsp3) is 0.273. The molecule has 0 unspecified atom stereocenters. The third kappa shape index (κ3) is 1.67. The number of benzene rings is 1. The van der Waals surface area contributed by atoms with Gasteiger partial charge in [0.2, 0.25) is 4.73 Å². The van der Waals surface area contributed by atoms with Gasteiger partial charge in [0.25, 0.3) is 0 Å². The number of halogens is 3. The van der Waals surface area contributed by atoms with Crippen LogP contribution in [0.1, 0.15) is 30.0 Å². The van der Waals surface area contributed by atoms with Gasteiger partial charge < -0.3 is 0 Å². The number of fused-ring (bicyclic) bond motifs is 1. The number of aromatic nitrogens is 3. The van der Waals surface area contributed by atoms with Crippen LogP contribution in [0.25, 0.3) is 0 Å². The lowest BCUT2D eigenvalue weighted by Gasteiger charge is -2.12.